The summed E-state index contributed by atoms with van der Waals surface area (Å²) in [4.78, 5) is 12.2. The zero-order chi connectivity index (χ0) is 14.6. The first kappa shape index (κ1) is 16.2. The lowest BCUT2D eigenvalue weighted by Crippen LogP contribution is -2.10. The molecular weight excluding hydrogens is 280 g/mol. The number of aryl methyl sites for hydroxylation is 3. The van der Waals surface area contributed by atoms with Crippen LogP contribution in [0, 0.1) is 20.8 Å². The topological polar surface area (TPSA) is 51.2 Å². The molecule has 0 saturated heterocycles. The van der Waals surface area contributed by atoms with Crippen molar-refractivity contribution in [2.24, 2.45) is 0 Å². The highest BCUT2D eigenvalue weighted by Gasteiger charge is 2.13. The molecule has 0 aliphatic carbocycles. The van der Waals surface area contributed by atoms with Gasteiger partial charge < -0.3 is 0 Å². The van der Waals surface area contributed by atoms with Gasteiger partial charge in [-0.3, -0.25) is 4.79 Å². The van der Waals surface area contributed by atoms with Crippen molar-refractivity contribution in [2.45, 2.75) is 20.8 Å². The highest BCUT2D eigenvalue weighted by Crippen LogP contribution is 2.18. The van der Waals surface area contributed by atoms with Gasteiger partial charge in [0.2, 0.25) is 0 Å². The maximum absolute atomic E-state index is 12.2. The summed E-state index contributed by atoms with van der Waals surface area (Å²) >= 11 is 1.38. The van der Waals surface area contributed by atoms with Crippen LogP contribution in [0.25, 0.3) is 0 Å². The summed E-state index contributed by atoms with van der Waals surface area (Å²) in [7, 11) is -2.94. The number of thioether (sulfide) groups is 1. The standard InChI is InChI=1S/C14H20O3S2/c1-10-7-11(2)14(12(3)8-10)13(15)9-18-5-6-19(4,16)17/h7-8H,5-6,9H2,1-4H3. The van der Waals surface area contributed by atoms with E-state index < -0.39 is 9.84 Å². The fraction of sp³-hybridized carbons (Fsp3) is 0.500. The predicted molar refractivity (Wildman–Crippen MR) is 82.0 cm³/mol. The molecule has 0 spiro atoms. The Kier molecular flexibility index (Phi) is 5.62. The lowest BCUT2D eigenvalue weighted by molar-refractivity contribution is 0.102. The first-order valence-electron chi connectivity index (χ1n) is 6.07. The van der Waals surface area contributed by atoms with Crippen molar-refractivity contribution in [3.63, 3.8) is 0 Å². The summed E-state index contributed by atoms with van der Waals surface area (Å²) in [6.45, 7) is 5.89. The van der Waals surface area contributed by atoms with Gasteiger partial charge in [-0.1, -0.05) is 17.7 Å². The molecule has 0 fully saturated rings. The van der Waals surface area contributed by atoms with Crippen LogP contribution in [0.1, 0.15) is 27.0 Å². The van der Waals surface area contributed by atoms with Crippen molar-refractivity contribution in [2.75, 3.05) is 23.5 Å². The van der Waals surface area contributed by atoms with Crippen molar-refractivity contribution in [3.05, 3.63) is 34.4 Å². The van der Waals surface area contributed by atoms with E-state index in [2.05, 4.69) is 0 Å². The maximum atomic E-state index is 12.2. The van der Waals surface area contributed by atoms with Crippen molar-refractivity contribution in [1.29, 1.82) is 0 Å². The highest BCUT2D eigenvalue weighted by atomic mass is 32.2. The van der Waals surface area contributed by atoms with Crippen LogP contribution in [0.3, 0.4) is 0 Å². The minimum absolute atomic E-state index is 0.0773. The number of carbonyl (C=O) groups is 1. The Morgan fingerprint density at radius 2 is 1.68 bits per heavy atom. The van der Waals surface area contributed by atoms with Gasteiger partial charge in [0.25, 0.3) is 0 Å². The third-order valence-corrected chi connectivity index (χ3v) is 4.95. The van der Waals surface area contributed by atoms with Crippen molar-refractivity contribution >= 4 is 27.4 Å². The van der Waals surface area contributed by atoms with Crippen LogP contribution in [0.5, 0.6) is 0 Å². The summed E-state index contributed by atoms with van der Waals surface area (Å²) in [5.74, 6) is 1.000. The van der Waals surface area contributed by atoms with Crippen LogP contribution < -0.4 is 0 Å². The van der Waals surface area contributed by atoms with Gasteiger partial charge in [-0.15, -0.1) is 0 Å². The fourth-order valence-corrected chi connectivity index (χ4v) is 4.22. The second-order valence-electron chi connectivity index (χ2n) is 4.88. The zero-order valence-electron chi connectivity index (χ0n) is 11.8. The van der Waals surface area contributed by atoms with E-state index in [4.69, 9.17) is 0 Å². The SMILES string of the molecule is Cc1cc(C)c(C(=O)CSCCS(C)(=O)=O)c(C)c1. The van der Waals surface area contributed by atoms with Crippen LogP contribution in [0.2, 0.25) is 0 Å². The monoisotopic (exact) mass is 300 g/mol. The molecule has 0 atom stereocenters. The maximum Gasteiger partial charge on any atom is 0.173 e. The quantitative estimate of drug-likeness (QED) is 0.598. The van der Waals surface area contributed by atoms with Gasteiger partial charge in [-0.05, 0) is 31.9 Å². The van der Waals surface area contributed by atoms with Crippen LogP contribution in [0.15, 0.2) is 12.1 Å². The molecule has 1 aromatic rings. The largest absolute Gasteiger partial charge is 0.293 e. The third-order valence-electron chi connectivity index (χ3n) is 2.79. The molecule has 19 heavy (non-hydrogen) atoms. The van der Waals surface area contributed by atoms with Crippen LogP contribution >= 0.6 is 11.8 Å². The number of benzene rings is 1. The normalized spacial score (nSPS) is 11.6. The number of carbonyl (C=O) groups excluding carboxylic acids is 1. The van der Waals surface area contributed by atoms with E-state index in [-0.39, 0.29) is 11.5 Å². The molecule has 0 aliphatic rings. The van der Waals surface area contributed by atoms with Crippen LogP contribution in [0.4, 0.5) is 0 Å². The molecule has 0 radical (unpaired) electrons. The lowest BCUT2D eigenvalue weighted by Gasteiger charge is -2.10. The number of rotatable bonds is 6. The molecule has 0 heterocycles. The van der Waals surface area contributed by atoms with Gasteiger partial charge in [0.15, 0.2) is 5.78 Å². The van der Waals surface area contributed by atoms with Gasteiger partial charge in [0.1, 0.15) is 9.84 Å². The molecule has 0 aliphatic heterocycles. The zero-order valence-corrected chi connectivity index (χ0v) is 13.5. The van der Waals surface area contributed by atoms with Crippen molar-refractivity contribution < 1.29 is 13.2 Å². The highest BCUT2D eigenvalue weighted by molar-refractivity contribution is 8.01. The number of ketones is 1. The Balaban J connectivity index is 2.65. The van der Waals surface area contributed by atoms with E-state index in [0.717, 1.165) is 22.3 Å². The summed E-state index contributed by atoms with van der Waals surface area (Å²) in [5, 5.41) is 0. The molecular formula is C14H20O3S2. The molecule has 0 aromatic heterocycles. The summed E-state index contributed by atoms with van der Waals surface area (Å²) < 4.78 is 22.0. The predicted octanol–water partition coefficient (Wildman–Crippen LogP) is 2.57. The van der Waals surface area contributed by atoms with E-state index in [1.165, 1.54) is 18.0 Å². The van der Waals surface area contributed by atoms with E-state index in [1.807, 2.05) is 32.9 Å². The number of Topliss-reactive ketones (excluding diaryl/α,β-unsaturated/α-hetero) is 1. The Bertz CT molecular complexity index is 551. The van der Waals surface area contributed by atoms with Crippen LogP contribution in [-0.4, -0.2) is 37.7 Å². The molecule has 5 heteroatoms. The Labute approximate surface area is 119 Å². The Morgan fingerprint density at radius 3 is 2.16 bits per heavy atom. The van der Waals surface area contributed by atoms with E-state index in [1.54, 1.807) is 0 Å². The summed E-state index contributed by atoms with van der Waals surface area (Å²) in [6, 6.07) is 4.00. The smallest absolute Gasteiger partial charge is 0.173 e. The molecule has 1 rings (SSSR count). The van der Waals surface area contributed by atoms with E-state index in [0.29, 0.717) is 11.5 Å². The lowest BCUT2D eigenvalue weighted by atomic mass is 9.97. The van der Waals surface area contributed by atoms with E-state index >= 15 is 0 Å². The van der Waals surface area contributed by atoms with Crippen LogP contribution in [-0.2, 0) is 9.84 Å². The minimum Gasteiger partial charge on any atom is -0.293 e. The second-order valence-corrected chi connectivity index (χ2v) is 8.24. The van der Waals surface area contributed by atoms with Crippen molar-refractivity contribution in [1.82, 2.24) is 0 Å². The first-order valence-corrected chi connectivity index (χ1v) is 9.29. The fourth-order valence-electron chi connectivity index (χ4n) is 2.07. The molecule has 0 N–H and O–H groups in total. The van der Waals surface area contributed by atoms with Gasteiger partial charge in [-0.25, -0.2) is 8.42 Å². The number of hydrogen-bond donors (Lipinski definition) is 0. The molecule has 106 valence electrons. The third kappa shape index (κ3) is 5.37. The average Bonchev–Trinajstić information content (AvgIpc) is 2.21. The molecule has 0 amide bonds. The Hall–Kier alpha value is -0.810. The molecule has 1 aromatic carbocycles. The van der Waals surface area contributed by atoms with Gasteiger partial charge in [0, 0.05) is 17.6 Å². The van der Waals surface area contributed by atoms with Gasteiger partial charge in [0.05, 0.1) is 11.5 Å². The Morgan fingerprint density at radius 1 is 1.16 bits per heavy atom. The van der Waals surface area contributed by atoms with E-state index in [9.17, 15) is 13.2 Å². The second kappa shape index (κ2) is 6.57. The molecule has 0 bridgehead atoms. The number of hydrogen-bond acceptors (Lipinski definition) is 4. The first-order chi connectivity index (χ1) is 8.70. The molecule has 0 saturated carbocycles. The molecule has 3 nitrogen and oxygen atoms in total. The average molecular weight is 300 g/mol. The van der Waals surface area contributed by atoms with Gasteiger partial charge >= 0.3 is 0 Å². The minimum atomic E-state index is -2.94. The molecule has 0 unspecified atom stereocenters. The number of sulfone groups is 1. The van der Waals surface area contributed by atoms with Crippen molar-refractivity contribution in [3.8, 4) is 0 Å². The van der Waals surface area contributed by atoms with Gasteiger partial charge in [-0.2, -0.15) is 11.8 Å². The summed E-state index contributed by atoms with van der Waals surface area (Å²) in [6.07, 6.45) is 1.21. The summed E-state index contributed by atoms with van der Waals surface area (Å²) in [5.41, 5.74) is 3.91.